The minimum atomic E-state index is -1.01. The van der Waals surface area contributed by atoms with Crippen molar-refractivity contribution in [1.82, 2.24) is 24.1 Å². The number of fused-ring (bicyclic) bond motifs is 1. The molecule has 0 saturated carbocycles. The molecule has 0 unspecified atom stereocenters. The first kappa shape index (κ1) is 21.4. The largest absolute Gasteiger partial charge is 0.469 e. The number of hydrogen-bond donors (Lipinski definition) is 1. The molecule has 3 aromatic rings. The number of carbonyl (C=O) groups excluding carboxylic acids is 2. The zero-order valence-electron chi connectivity index (χ0n) is 17.5. The van der Waals surface area contributed by atoms with Gasteiger partial charge in [-0.05, 0) is 11.6 Å². The number of aromatic nitrogens is 5. The van der Waals surface area contributed by atoms with Gasteiger partial charge in [-0.25, -0.2) is 14.3 Å². The lowest BCUT2D eigenvalue weighted by Gasteiger charge is -2.19. The van der Waals surface area contributed by atoms with E-state index in [0.29, 0.717) is 5.52 Å². The molecule has 0 aromatic carbocycles. The van der Waals surface area contributed by atoms with Gasteiger partial charge in [0.2, 0.25) is 5.95 Å². The van der Waals surface area contributed by atoms with E-state index in [4.69, 9.17) is 19.9 Å². The highest BCUT2D eigenvalue weighted by Crippen LogP contribution is 2.34. The van der Waals surface area contributed by atoms with Gasteiger partial charge in [-0.15, -0.1) is 0 Å². The summed E-state index contributed by atoms with van der Waals surface area (Å²) in [6.45, 7) is 1.47. The summed E-state index contributed by atoms with van der Waals surface area (Å²) >= 11 is 0. The molecule has 1 aliphatic heterocycles. The van der Waals surface area contributed by atoms with Gasteiger partial charge in [0.05, 0.1) is 32.4 Å². The van der Waals surface area contributed by atoms with Crippen molar-refractivity contribution in [3.63, 3.8) is 0 Å². The van der Waals surface area contributed by atoms with Crippen LogP contribution in [0.1, 0.15) is 31.6 Å². The van der Waals surface area contributed by atoms with E-state index < -0.39 is 36.1 Å². The first-order valence-electron chi connectivity index (χ1n) is 9.89. The average molecular weight is 442 g/mol. The third-order valence-corrected chi connectivity index (χ3v) is 5.13. The maximum Gasteiger partial charge on any atom is 0.332 e. The Bertz CT molecular complexity index is 1210. The molecule has 1 aliphatic rings. The van der Waals surface area contributed by atoms with Gasteiger partial charge in [-0.2, -0.15) is 4.98 Å². The van der Waals surface area contributed by atoms with E-state index in [1.807, 2.05) is 6.07 Å². The average Bonchev–Trinajstić information content (AvgIpc) is 3.25. The normalized spacial score (nSPS) is 20.4. The molecule has 12 heteroatoms. The molecular weight excluding hydrogens is 420 g/mol. The molecule has 0 spiro atoms. The molecule has 0 radical (unpaired) electrons. The molecule has 0 bridgehead atoms. The molecule has 0 amide bonds. The Morgan fingerprint density at radius 2 is 2.16 bits per heavy atom. The highest BCUT2D eigenvalue weighted by Gasteiger charge is 2.42. The predicted molar refractivity (Wildman–Crippen MR) is 110 cm³/mol. The molecule has 12 nitrogen and oxygen atoms in total. The number of pyridine rings is 1. The Labute approximate surface area is 181 Å². The minimum absolute atomic E-state index is 0.0297. The second-order valence-electron chi connectivity index (χ2n) is 7.35. The fourth-order valence-corrected chi connectivity index (χ4v) is 3.79. The SMILES string of the molecule is COC(=O)C[C@@H]1C[C@@H](OC(C)=O)[C@H](n2c(=O)n(Cc3cccnc3)c3cnc(N)nc32)O1. The summed E-state index contributed by atoms with van der Waals surface area (Å²) in [5, 5.41) is 0. The lowest BCUT2D eigenvalue weighted by molar-refractivity contribution is -0.153. The number of nitrogens with two attached hydrogens (primary N) is 1. The van der Waals surface area contributed by atoms with Crippen LogP contribution in [0.25, 0.3) is 11.2 Å². The number of nitrogens with zero attached hydrogens (tertiary/aromatic N) is 5. The quantitative estimate of drug-likeness (QED) is 0.531. The van der Waals surface area contributed by atoms with Crippen LogP contribution in [0.3, 0.4) is 0 Å². The van der Waals surface area contributed by atoms with Gasteiger partial charge in [0, 0.05) is 25.7 Å². The Hall–Kier alpha value is -3.80. The fourth-order valence-electron chi connectivity index (χ4n) is 3.79. The molecule has 32 heavy (non-hydrogen) atoms. The molecule has 3 aromatic heterocycles. The molecule has 4 heterocycles. The van der Waals surface area contributed by atoms with Gasteiger partial charge in [-0.1, -0.05) is 6.07 Å². The summed E-state index contributed by atoms with van der Waals surface area (Å²) in [6, 6.07) is 3.60. The topological polar surface area (TPSA) is 153 Å². The van der Waals surface area contributed by atoms with Crippen molar-refractivity contribution in [2.75, 3.05) is 12.8 Å². The third kappa shape index (κ3) is 4.17. The second-order valence-corrected chi connectivity index (χ2v) is 7.35. The van der Waals surface area contributed by atoms with Gasteiger partial charge in [0.1, 0.15) is 11.6 Å². The molecule has 4 rings (SSSR count). The molecule has 1 saturated heterocycles. The van der Waals surface area contributed by atoms with Crippen LogP contribution in [0.5, 0.6) is 0 Å². The lowest BCUT2D eigenvalue weighted by Crippen LogP contribution is -2.34. The summed E-state index contributed by atoms with van der Waals surface area (Å²) in [4.78, 5) is 49.3. The number of imidazole rings is 1. The summed E-state index contributed by atoms with van der Waals surface area (Å²) in [5.74, 6) is -1.04. The summed E-state index contributed by atoms with van der Waals surface area (Å²) in [7, 11) is 1.27. The molecule has 1 fully saturated rings. The standard InChI is InChI=1S/C20H22N6O6/c1-11(27)31-15-6-13(7-16(28)30-2)32-18(15)26-17-14(9-23-19(21)24-17)25(20(26)29)10-12-4-3-5-22-8-12/h3-5,8-9,13,15,18H,6-7,10H2,1-2H3,(H2,21,23,24)/t13-,15+,18+/m0/s1. The number of hydrogen-bond acceptors (Lipinski definition) is 10. The van der Waals surface area contributed by atoms with E-state index in [-0.39, 0.29) is 31.0 Å². The van der Waals surface area contributed by atoms with E-state index in [1.54, 1.807) is 18.5 Å². The van der Waals surface area contributed by atoms with Crippen LogP contribution in [0, 0.1) is 0 Å². The van der Waals surface area contributed by atoms with Crippen LogP contribution in [-0.2, 0) is 30.3 Å². The Balaban J connectivity index is 1.80. The van der Waals surface area contributed by atoms with Crippen molar-refractivity contribution < 1.29 is 23.8 Å². The Kier molecular flexibility index (Phi) is 5.86. The van der Waals surface area contributed by atoms with Crippen LogP contribution in [0.15, 0.2) is 35.5 Å². The highest BCUT2D eigenvalue weighted by atomic mass is 16.6. The highest BCUT2D eigenvalue weighted by molar-refractivity contribution is 5.72. The number of carbonyl (C=O) groups is 2. The second kappa shape index (κ2) is 8.75. The smallest absolute Gasteiger partial charge is 0.332 e. The van der Waals surface area contributed by atoms with Crippen molar-refractivity contribution in [3.8, 4) is 0 Å². The first-order chi connectivity index (χ1) is 15.4. The fraction of sp³-hybridized carbons (Fsp3) is 0.400. The number of ether oxygens (including phenoxy) is 3. The lowest BCUT2D eigenvalue weighted by atomic mass is 10.1. The number of nitrogen functional groups attached to an aromatic ring is 1. The van der Waals surface area contributed by atoms with E-state index in [2.05, 4.69) is 15.0 Å². The monoisotopic (exact) mass is 442 g/mol. The van der Waals surface area contributed by atoms with Crippen molar-refractivity contribution >= 4 is 29.1 Å². The summed E-state index contributed by atoms with van der Waals surface area (Å²) < 4.78 is 18.9. The molecule has 168 valence electrons. The molecule has 3 atom stereocenters. The van der Waals surface area contributed by atoms with Gasteiger partial charge in [-0.3, -0.25) is 19.1 Å². The van der Waals surface area contributed by atoms with Crippen molar-refractivity contribution in [2.45, 2.75) is 44.7 Å². The number of esters is 2. The van der Waals surface area contributed by atoms with Crippen LogP contribution in [0.4, 0.5) is 5.95 Å². The first-order valence-corrected chi connectivity index (χ1v) is 9.89. The zero-order valence-corrected chi connectivity index (χ0v) is 17.5. The summed E-state index contributed by atoms with van der Waals surface area (Å²) in [5.41, 5.74) is 6.78. The van der Waals surface area contributed by atoms with Gasteiger partial charge < -0.3 is 19.9 Å². The Morgan fingerprint density at radius 1 is 1.34 bits per heavy atom. The van der Waals surface area contributed by atoms with Gasteiger partial charge in [0.25, 0.3) is 0 Å². The molecule has 2 N–H and O–H groups in total. The van der Waals surface area contributed by atoms with E-state index in [9.17, 15) is 14.4 Å². The minimum Gasteiger partial charge on any atom is -0.469 e. The van der Waals surface area contributed by atoms with Crippen molar-refractivity contribution in [2.24, 2.45) is 0 Å². The number of rotatable bonds is 6. The van der Waals surface area contributed by atoms with Crippen LogP contribution < -0.4 is 11.4 Å². The molecule has 0 aliphatic carbocycles. The Morgan fingerprint density at radius 3 is 2.84 bits per heavy atom. The van der Waals surface area contributed by atoms with E-state index >= 15 is 0 Å². The van der Waals surface area contributed by atoms with Gasteiger partial charge >= 0.3 is 17.6 Å². The summed E-state index contributed by atoms with van der Waals surface area (Å²) in [6.07, 6.45) is 2.46. The van der Waals surface area contributed by atoms with Gasteiger partial charge in [0.15, 0.2) is 11.9 Å². The van der Waals surface area contributed by atoms with Crippen LogP contribution >= 0.6 is 0 Å². The van der Waals surface area contributed by atoms with E-state index in [0.717, 1.165) is 5.56 Å². The maximum atomic E-state index is 13.5. The third-order valence-electron chi connectivity index (χ3n) is 5.13. The van der Waals surface area contributed by atoms with Crippen molar-refractivity contribution in [1.29, 1.82) is 0 Å². The van der Waals surface area contributed by atoms with Crippen molar-refractivity contribution in [3.05, 3.63) is 46.8 Å². The van der Waals surface area contributed by atoms with Crippen LogP contribution in [-0.4, -0.2) is 55.3 Å². The zero-order chi connectivity index (χ0) is 22.8. The van der Waals surface area contributed by atoms with E-state index in [1.165, 1.54) is 29.4 Å². The number of anilines is 1. The van der Waals surface area contributed by atoms with Crippen LogP contribution in [0.2, 0.25) is 0 Å². The molecular formula is C20H22N6O6. The number of methoxy groups -OCH3 is 1. The predicted octanol–water partition coefficient (Wildman–Crippen LogP) is 0.401. The maximum absolute atomic E-state index is 13.5.